The van der Waals surface area contributed by atoms with Crippen LogP contribution in [0.4, 0.5) is 22.7 Å². The zero-order valence-corrected chi connectivity index (χ0v) is 33.5. The molecule has 3 aliphatic carbocycles. The van der Waals surface area contributed by atoms with E-state index in [-0.39, 0.29) is 16.5 Å². The van der Waals surface area contributed by atoms with Gasteiger partial charge >= 0.3 is 0 Å². The second-order valence-corrected chi connectivity index (χ2v) is 17.3. The fourth-order valence-electron chi connectivity index (χ4n) is 10.4. The highest BCUT2D eigenvalue weighted by atomic mass is 15.2. The van der Waals surface area contributed by atoms with Crippen LogP contribution in [0.25, 0.3) is 11.1 Å². The van der Waals surface area contributed by atoms with Crippen molar-refractivity contribution in [1.82, 2.24) is 0 Å². The first-order chi connectivity index (χ1) is 26.0. The van der Waals surface area contributed by atoms with Gasteiger partial charge in [0.1, 0.15) is 0 Å². The van der Waals surface area contributed by atoms with Crippen molar-refractivity contribution in [2.75, 3.05) is 9.80 Å². The predicted octanol–water partition coefficient (Wildman–Crippen LogP) is 13.6. The van der Waals surface area contributed by atoms with Crippen molar-refractivity contribution in [3.63, 3.8) is 0 Å². The van der Waals surface area contributed by atoms with Gasteiger partial charge in [0.15, 0.2) is 0 Å². The van der Waals surface area contributed by atoms with Crippen molar-refractivity contribution < 1.29 is 0 Å². The van der Waals surface area contributed by atoms with Crippen LogP contribution < -0.4 is 9.80 Å². The molecule has 2 atom stereocenters. The van der Waals surface area contributed by atoms with Gasteiger partial charge in [-0.15, -0.1) is 0 Å². The number of aryl methyl sites for hydroxylation is 4. The molecule has 0 spiro atoms. The highest BCUT2D eigenvalue weighted by Gasteiger charge is 2.52. The molecule has 6 aromatic rings. The first-order valence-corrected chi connectivity index (χ1v) is 20.2. The molecule has 9 rings (SSSR count). The van der Waals surface area contributed by atoms with Gasteiger partial charge in [0.25, 0.3) is 0 Å². The average molecular weight is 707 g/mol. The summed E-state index contributed by atoms with van der Waals surface area (Å²) < 4.78 is 0. The van der Waals surface area contributed by atoms with Crippen LogP contribution in [0.2, 0.25) is 0 Å². The van der Waals surface area contributed by atoms with E-state index in [0.717, 1.165) is 32.1 Å². The molecule has 2 unspecified atom stereocenters. The van der Waals surface area contributed by atoms with Gasteiger partial charge in [0.05, 0.1) is 11.1 Å². The SMILES string of the molecule is CCCC1(N(c2ccc(C)cc2)c2ccc(C)cc2)Cc2cc3c(cc21)C(C)(C)c1cc2c(cc1-3)CC2(CC)N(c1ccc(C)cc1)c1ccc(C)cc1. The Hall–Kier alpha value is -5.08. The minimum absolute atomic E-state index is 0.0985. The van der Waals surface area contributed by atoms with Gasteiger partial charge < -0.3 is 9.80 Å². The van der Waals surface area contributed by atoms with Crippen LogP contribution in [0.3, 0.4) is 0 Å². The summed E-state index contributed by atoms with van der Waals surface area (Å²) in [4.78, 5) is 5.31. The third kappa shape index (κ3) is 5.05. The standard InChI is InChI=1S/C52H54N2/c1-9-27-52(54(42-23-15-36(5)16-24-42)43-25-17-37(6)18-26-43)33-39-29-45-44-28-38-32-51(10-2,46(38)30-48(44)50(7,8)49(45)31-47(39)52)53(40-19-11-34(3)12-20-40)41-21-13-35(4)14-22-41/h11-26,28-31H,9-10,27,32-33H2,1-8H3. The monoisotopic (exact) mass is 706 g/mol. The Labute approximate surface area is 323 Å². The molecule has 0 aromatic heterocycles. The van der Waals surface area contributed by atoms with Gasteiger partial charge in [-0.1, -0.05) is 129 Å². The Morgan fingerprint density at radius 1 is 0.444 bits per heavy atom. The van der Waals surface area contributed by atoms with Crippen molar-refractivity contribution in [1.29, 1.82) is 0 Å². The summed E-state index contributed by atoms with van der Waals surface area (Å²) in [6.07, 6.45) is 5.35. The number of benzene rings is 6. The van der Waals surface area contributed by atoms with E-state index < -0.39 is 0 Å². The summed E-state index contributed by atoms with van der Waals surface area (Å²) in [6, 6.07) is 47.1. The van der Waals surface area contributed by atoms with Gasteiger partial charge in [-0.25, -0.2) is 0 Å². The molecule has 0 radical (unpaired) electrons. The van der Waals surface area contributed by atoms with Crippen molar-refractivity contribution in [2.45, 2.75) is 104 Å². The van der Waals surface area contributed by atoms with E-state index in [9.17, 15) is 0 Å². The number of fused-ring (bicyclic) bond motifs is 5. The lowest BCUT2D eigenvalue weighted by atomic mass is 9.64. The minimum atomic E-state index is -0.117. The van der Waals surface area contributed by atoms with Crippen LogP contribution in [0, 0.1) is 27.7 Å². The van der Waals surface area contributed by atoms with Crippen LogP contribution in [0.15, 0.2) is 121 Å². The van der Waals surface area contributed by atoms with Crippen LogP contribution >= 0.6 is 0 Å². The van der Waals surface area contributed by atoms with Gasteiger partial charge in [-0.2, -0.15) is 0 Å². The molecular weight excluding hydrogens is 653 g/mol. The highest BCUT2D eigenvalue weighted by Crippen LogP contribution is 2.60. The first kappa shape index (κ1) is 34.7. The Morgan fingerprint density at radius 3 is 1.13 bits per heavy atom. The normalized spacial score (nSPS) is 19.9. The molecule has 2 nitrogen and oxygen atoms in total. The zero-order chi connectivity index (χ0) is 37.6. The number of anilines is 4. The molecule has 6 aromatic carbocycles. The largest absolute Gasteiger partial charge is 0.331 e. The van der Waals surface area contributed by atoms with Crippen molar-refractivity contribution in [3.8, 4) is 11.1 Å². The van der Waals surface area contributed by atoms with Crippen molar-refractivity contribution >= 4 is 22.7 Å². The van der Waals surface area contributed by atoms with Gasteiger partial charge in [0, 0.05) is 41.0 Å². The van der Waals surface area contributed by atoms with Gasteiger partial charge in [0.2, 0.25) is 0 Å². The van der Waals surface area contributed by atoms with Gasteiger partial charge in [-0.05, 0) is 134 Å². The van der Waals surface area contributed by atoms with Crippen molar-refractivity contribution in [2.24, 2.45) is 0 Å². The van der Waals surface area contributed by atoms with E-state index >= 15 is 0 Å². The number of hydrogen-bond donors (Lipinski definition) is 0. The lowest BCUT2D eigenvalue weighted by Gasteiger charge is -2.53. The maximum atomic E-state index is 2.67. The lowest BCUT2D eigenvalue weighted by molar-refractivity contribution is 0.344. The summed E-state index contributed by atoms with van der Waals surface area (Å²) in [7, 11) is 0. The zero-order valence-electron chi connectivity index (χ0n) is 33.5. The Morgan fingerprint density at radius 2 is 0.778 bits per heavy atom. The number of hydrogen-bond acceptors (Lipinski definition) is 2. The van der Waals surface area contributed by atoms with E-state index in [4.69, 9.17) is 0 Å². The fraction of sp³-hybridized carbons (Fsp3) is 0.308. The molecule has 0 heterocycles. The van der Waals surface area contributed by atoms with E-state index in [2.05, 4.69) is 187 Å². The Bertz CT molecular complexity index is 2290. The maximum Gasteiger partial charge on any atom is 0.0745 e. The Kier molecular flexibility index (Phi) is 8.02. The number of rotatable bonds is 9. The lowest BCUT2D eigenvalue weighted by Crippen LogP contribution is -2.52. The summed E-state index contributed by atoms with van der Waals surface area (Å²) in [5, 5.41) is 0. The van der Waals surface area contributed by atoms with Crippen molar-refractivity contribution in [3.05, 3.63) is 177 Å². The van der Waals surface area contributed by atoms with E-state index in [1.165, 1.54) is 89.5 Å². The number of nitrogens with zero attached hydrogens (tertiary/aromatic N) is 2. The average Bonchev–Trinajstić information content (AvgIpc) is 3.36. The molecule has 0 bridgehead atoms. The molecule has 3 aliphatic rings. The third-order valence-corrected chi connectivity index (χ3v) is 13.4. The molecule has 0 N–H and O–H groups in total. The predicted molar refractivity (Wildman–Crippen MR) is 229 cm³/mol. The second-order valence-electron chi connectivity index (χ2n) is 17.3. The third-order valence-electron chi connectivity index (χ3n) is 13.4. The molecule has 0 saturated heterocycles. The summed E-state index contributed by atoms with van der Waals surface area (Å²) in [6.45, 7) is 18.4. The van der Waals surface area contributed by atoms with Crippen LogP contribution in [-0.4, -0.2) is 0 Å². The van der Waals surface area contributed by atoms with Gasteiger partial charge in [-0.3, -0.25) is 0 Å². The van der Waals surface area contributed by atoms with E-state index in [1.54, 1.807) is 0 Å². The summed E-state index contributed by atoms with van der Waals surface area (Å²) in [5.41, 5.74) is 21.8. The van der Waals surface area contributed by atoms with E-state index in [1.807, 2.05) is 0 Å². The first-order valence-electron chi connectivity index (χ1n) is 20.2. The van der Waals surface area contributed by atoms with Crippen LogP contribution in [-0.2, 0) is 29.3 Å². The molecule has 54 heavy (non-hydrogen) atoms. The second kappa shape index (κ2) is 12.5. The van der Waals surface area contributed by atoms with E-state index in [0.29, 0.717) is 0 Å². The van der Waals surface area contributed by atoms with Crippen LogP contribution in [0.5, 0.6) is 0 Å². The molecule has 0 aliphatic heterocycles. The maximum absolute atomic E-state index is 2.67. The molecule has 0 fully saturated rings. The molecule has 272 valence electrons. The summed E-state index contributed by atoms with van der Waals surface area (Å²) in [5.74, 6) is 0. The smallest absolute Gasteiger partial charge is 0.0745 e. The Balaban J connectivity index is 1.16. The summed E-state index contributed by atoms with van der Waals surface area (Å²) >= 11 is 0. The highest BCUT2D eigenvalue weighted by molar-refractivity contribution is 5.86. The fourth-order valence-corrected chi connectivity index (χ4v) is 10.4. The molecular formula is C52H54N2. The molecule has 2 heteroatoms. The molecule has 0 amide bonds. The molecule has 0 saturated carbocycles. The minimum Gasteiger partial charge on any atom is -0.331 e. The quantitative estimate of drug-likeness (QED) is 0.148. The topological polar surface area (TPSA) is 6.48 Å². The van der Waals surface area contributed by atoms with Crippen LogP contribution in [0.1, 0.15) is 103 Å².